The van der Waals surface area contributed by atoms with Crippen molar-refractivity contribution in [3.63, 3.8) is 0 Å². The first-order valence-corrected chi connectivity index (χ1v) is 15.8. The molecule has 0 N–H and O–H groups in total. The van der Waals surface area contributed by atoms with Gasteiger partial charge in [-0.2, -0.15) is 0 Å². The van der Waals surface area contributed by atoms with Crippen LogP contribution in [0.25, 0.3) is 21.5 Å². The number of fused-ring (bicyclic) bond motifs is 2. The minimum absolute atomic E-state index is 0.111. The molecule has 0 heterocycles. The van der Waals surface area contributed by atoms with Crippen molar-refractivity contribution >= 4 is 53.3 Å². The second-order valence-electron chi connectivity index (χ2n) is 10.1. The van der Waals surface area contributed by atoms with Gasteiger partial charge in [-0.15, -0.1) is 0 Å². The van der Waals surface area contributed by atoms with Crippen molar-refractivity contribution < 1.29 is 26.4 Å². The summed E-state index contributed by atoms with van der Waals surface area (Å²) in [7, 11) is -7.09. The lowest BCUT2D eigenvalue weighted by Crippen LogP contribution is -2.24. The number of rotatable bonds is 6. The Morgan fingerprint density at radius 2 is 1.17 bits per heavy atom. The molecule has 0 aliphatic heterocycles. The van der Waals surface area contributed by atoms with Crippen molar-refractivity contribution in [2.24, 2.45) is 0 Å². The fourth-order valence-corrected chi connectivity index (χ4v) is 9.66. The van der Waals surface area contributed by atoms with Crippen molar-refractivity contribution in [3.8, 4) is 0 Å². The molecule has 3 aromatic rings. The molecular formula is C28H30O6S2. The molecule has 2 aliphatic carbocycles. The zero-order valence-electron chi connectivity index (χ0n) is 20.1. The largest absolute Gasteiger partial charge is 0.294 e. The Labute approximate surface area is 211 Å². The highest BCUT2D eigenvalue weighted by atomic mass is 32.2. The summed E-state index contributed by atoms with van der Waals surface area (Å²) in [5, 5.41) is 1.10. The highest BCUT2D eigenvalue weighted by molar-refractivity contribution is 7.92. The summed E-state index contributed by atoms with van der Waals surface area (Å²) in [4.78, 5) is 24.7. The smallest absolute Gasteiger partial charge is 0.226 e. The van der Waals surface area contributed by atoms with Crippen molar-refractivity contribution in [2.45, 2.75) is 84.5 Å². The molecule has 2 saturated carbocycles. The molecule has 0 amide bonds. The third-order valence-corrected chi connectivity index (χ3v) is 12.4. The van der Waals surface area contributed by atoms with E-state index in [9.17, 15) is 26.4 Å². The number of sulfone groups is 2. The third-order valence-electron chi connectivity index (χ3n) is 7.89. The number of carbonyl (C=O) groups excluding carboxylic acids is 2. The van der Waals surface area contributed by atoms with E-state index < -0.39 is 36.0 Å². The Morgan fingerprint density at radius 1 is 0.639 bits per heavy atom. The van der Waals surface area contributed by atoms with Crippen LogP contribution in [0.2, 0.25) is 0 Å². The highest BCUT2D eigenvalue weighted by Crippen LogP contribution is 2.36. The fraction of sp³-hybridized carbons (Fsp3) is 0.429. The molecule has 0 saturated heterocycles. The third kappa shape index (κ3) is 4.39. The Bertz CT molecular complexity index is 1560. The first kappa shape index (κ1) is 25.1. The van der Waals surface area contributed by atoms with Gasteiger partial charge in [0.1, 0.15) is 0 Å². The quantitative estimate of drug-likeness (QED) is 0.180. The monoisotopic (exact) mass is 526 g/mol. The van der Waals surface area contributed by atoms with E-state index in [1.165, 1.54) is 12.1 Å². The van der Waals surface area contributed by atoms with Gasteiger partial charge < -0.3 is 0 Å². The van der Waals surface area contributed by atoms with Gasteiger partial charge in [-0.25, -0.2) is 16.8 Å². The van der Waals surface area contributed by atoms with Gasteiger partial charge in [0.15, 0.2) is 26.0 Å². The van der Waals surface area contributed by atoms with Crippen molar-refractivity contribution in [2.75, 3.05) is 0 Å². The zero-order chi connectivity index (χ0) is 25.5. The molecule has 2 aliphatic rings. The predicted octanol–water partition coefficient (Wildman–Crippen LogP) is 5.59. The van der Waals surface area contributed by atoms with Crippen molar-refractivity contribution in [3.05, 3.63) is 48.0 Å². The lowest BCUT2D eigenvalue weighted by atomic mass is 9.94. The summed E-state index contributed by atoms with van der Waals surface area (Å²) in [6.07, 6.45) is 8.38. The van der Waals surface area contributed by atoms with Crippen LogP contribution in [0.5, 0.6) is 0 Å². The Morgan fingerprint density at radius 3 is 1.72 bits per heavy atom. The number of benzene rings is 3. The number of aldehydes is 1. The van der Waals surface area contributed by atoms with E-state index in [0.29, 0.717) is 47.2 Å². The summed E-state index contributed by atoms with van der Waals surface area (Å²) in [5.41, 5.74) is 0.111. The van der Waals surface area contributed by atoms with E-state index in [1.807, 2.05) is 0 Å². The molecule has 36 heavy (non-hydrogen) atoms. The van der Waals surface area contributed by atoms with E-state index in [1.54, 1.807) is 30.3 Å². The van der Waals surface area contributed by atoms with Gasteiger partial charge in [0.2, 0.25) is 5.78 Å². The number of hydrogen-bond acceptors (Lipinski definition) is 6. The fourth-order valence-electron chi connectivity index (χ4n) is 5.89. The van der Waals surface area contributed by atoms with Gasteiger partial charge >= 0.3 is 0 Å². The average Bonchev–Trinajstić information content (AvgIpc) is 2.91. The molecule has 5 rings (SSSR count). The molecule has 6 nitrogen and oxygen atoms in total. The van der Waals surface area contributed by atoms with Gasteiger partial charge in [0.25, 0.3) is 0 Å². The molecule has 0 unspecified atom stereocenters. The maximum Gasteiger partial charge on any atom is 0.226 e. The van der Waals surface area contributed by atoms with Gasteiger partial charge in [-0.1, -0.05) is 50.7 Å². The van der Waals surface area contributed by atoms with Crippen LogP contribution >= 0.6 is 0 Å². The summed E-state index contributed by atoms with van der Waals surface area (Å²) < 4.78 is 53.2. The van der Waals surface area contributed by atoms with E-state index in [0.717, 1.165) is 38.5 Å². The topological polar surface area (TPSA) is 102 Å². The van der Waals surface area contributed by atoms with Gasteiger partial charge in [0.05, 0.1) is 20.3 Å². The lowest BCUT2D eigenvalue weighted by Gasteiger charge is -2.22. The second kappa shape index (κ2) is 9.71. The number of Topliss-reactive ketones (excluding diaryl/α,β-unsaturated/α-hetero) is 1. The van der Waals surface area contributed by atoms with Gasteiger partial charge in [-0.05, 0) is 77.6 Å². The molecule has 0 radical (unpaired) electrons. The zero-order valence-corrected chi connectivity index (χ0v) is 21.7. The van der Waals surface area contributed by atoms with E-state index in [-0.39, 0.29) is 21.6 Å². The highest BCUT2D eigenvalue weighted by Gasteiger charge is 2.31. The molecule has 0 aromatic heterocycles. The maximum atomic E-state index is 13.3. The molecule has 8 heteroatoms. The van der Waals surface area contributed by atoms with Crippen LogP contribution in [0.4, 0.5) is 0 Å². The molecule has 3 aromatic carbocycles. The minimum Gasteiger partial charge on any atom is -0.294 e. The second-order valence-corrected chi connectivity index (χ2v) is 14.6. The molecule has 2 fully saturated rings. The predicted molar refractivity (Wildman–Crippen MR) is 140 cm³/mol. The van der Waals surface area contributed by atoms with Crippen LogP contribution in [0.1, 0.15) is 74.6 Å². The summed E-state index contributed by atoms with van der Waals surface area (Å²) in [6, 6.07) is 11.1. The molecule has 0 atom stereocenters. The van der Waals surface area contributed by atoms with E-state index in [2.05, 4.69) is 0 Å². The number of carbonyl (C=O) groups is 2. The van der Waals surface area contributed by atoms with Crippen LogP contribution in [0, 0.1) is 0 Å². The SMILES string of the molecule is O=CC(=O)c1c2ccc(S(=O)(=O)C3CCCCC3)cc2cc2ccc(S(=O)(=O)C3CCCCC3)cc12. The molecule has 190 valence electrons. The van der Waals surface area contributed by atoms with E-state index in [4.69, 9.17) is 0 Å². The normalized spacial score (nSPS) is 18.4. The number of hydrogen-bond donors (Lipinski definition) is 0. The first-order chi connectivity index (χ1) is 17.2. The Kier molecular flexibility index (Phi) is 6.76. The summed E-state index contributed by atoms with van der Waals surface area (Å²) in [6.45, 7) is 0. The van der Waals surface area contributed by atoms with Crippen LogP contribution in [0.15, 0.2) is 52.3 Å². The van der Waals surface area contributed by atoms with Crippen molar-refractivity contribution in [1.82, 2.24) is 0 Å². The molecular weight excluding hydrogens is 496 g/mol. The van der Waals surface area contributed by atoms with Crippen molar-refractivity contribution in [1.29, 1.82) is 0 Å². The number of ketones is 1. The minimum atomic E-state index is -3.57. The van der Waals surface area contributed by atoms with E-state index >= 15 is 0 Å². The molecule has 0 bridgehead atoms. The van der Waals surface area contributed by atoms with Gasteiger partial charge in [-0.3, -0.25) is 9.59 Å². The Hall–Kier alpha value is -2.58. The van der Waals surface area contributed by atoms with Gasteiger partial charge in [0, 0.05) is 5.56 Å². The lowest BCUT2D eigenvalue weighted by molar-refractivity contribution is -0.104. The van der Waals surface area contributed by atoms with Crippen LogP contribution < -0.4 is 0 Å². The summed E-state index contributed by atoms with van der Waals surface area (Å²) >= 11 is 0. The van der Waals surface area contributed by atoms with Crippen LogP contribution in [0.3, 0.4) is 0 Å². The van der Waals surface area contributed by atoms with Crippen LogP contribution in [-0.2, 0) is 24.5 Å². The average molecular weight is 527 g/mol. The first-order valence-electron chi connectivity index (χ1n) is 12.7. The van der Waals surface area contributed by atoms with Crippen LogP contribution in [-0.4, -0.2) is 39.4 Å². The molecule has 0 spiro atoms. The Balaban J connectivity index is 1.67. The maximum absolute atomic E-state index is 13.3. The standard InChI is InChI=1S/C28H30O6S2/c29-18-27(30)28-25-14-13-23(35(31,32)21-7-3-1-4-8-21)16-20(25)15-19-11-12-24(17-26(19)28)36(33,34)22-9-5-2-6-10-22/h11-18,21-22H,1-10H2. The summed E-state index contributed by atoms with van der Waals surface area (Å²) in [5.74, 6) is -0.763.